The molecule has 0 aromatic carbocycles. The molecule has 1 fully saturated rings. The number of rotatable bonds is 1. The van der Waals surface area contributed by atoms with Gasteiger partial charge in [0.1, 0.15) is 0 Å². The summed E-state index contributed by atoms with van der Waals surface area (Å²) in [6.07, 6.45) is 9.49. The Morgan fingerprint density at radius 1 is 1.45 bits per heavy atom. The van der Waals surface area contributed by atoms with E-state index in [1.165, 1.54) is 31.2 Å². The molecule has 1 heterocycles. The summed E-state index contributed by atoms with van der Waals surface area (Å²) >= 11 is 0. The quantitative estimate of drug-likeness (QED) is 0.600. The van der Waals surface area contributed by atoms with Crippen LogP contribution in [0.25, 0.3) is 0 Å². The largest absolute Gasteiger partial charge is 0.269 e. The Morgan fingerprint density at radius 2 is 2.18 bits per heavy atom. The Bertz CT molecular complexity index is 233. The number of nitrogens with zero attached hydrogens (tertiary/aromatic N) is 2. The number of hydrogen-bond acceptors (Lipinski definition) is 1. The fourth-order valence-corrected chi connectivity index (χ4v) is 1.80. The molecule has 1 aliphatic rings. The van der Waals surface area contributed by atoms with Crippen LogP contribution in [-0.2, 0) is 0 Å². The van der Waals surface area contributed by atoms with Crippen molar-refractivity contribution in [1.82, 2.24) is 9.78 Å². The highest BCUT2D eigenvalue weighted by molar-refractivity contribution is 5.00. The van der Waals surface area contributed by atoms with Gasteiger partial charge in [0, 0.05) is 6.20 Å². The van der Waals surface area contributed by atoms with E-state index < -0.39 is 0 Å². The SMILES string of the molecule is Cc1cnn(C2CCCC2)c1. The molecule has 0 aliphatic heterocycles. The van der Waals surface area contributed by atoms with E-state index in [4.69, 9.17) is 0 Å². The molecule has 2 nitrogen and oxygen atoms in total. The van der Waals surface area contributed by atoms with Crippen LogP contribution in [0.15, 0.2) is 12.4 Å². The van der Waals surface area contributed by atoms with Gasteiger partial charge in [0.15, 0.2) is 0 Å². The molecule has 0 unspecified atom stereocenters. The monoisotopic (exact) mass is 150 g/mol. The van der Waals surface area contributed by atoms with Crippen LogP contribution in [0.1, 0.15) is 37.3 Å². The van der Waals surface area contributed by atoms with Crippen molar-refractivity contribution in [2.75, 3.05) is 0 Å². The van der Waals surface area contributed by atoms with Gasteiger partial charge in [0.05, 0.1) is 12.2 Å². The van der Waals surface area contributed by atoms with E-state index in [0.29, 0.717) is 6.04 Å². The van der Waals surface area contributed by atoms with Crippen molar-refractivity contribution in [3.63, 3.8) is 0 Å². The normalized spacial score (nSPS) is 19.4. The number of hydrogen-bond donors (Lipinski definition) is 0. The third-order valence-electron chi connectivity index (χ3n) is 2.43. The molecule has 1 aromatic heterocycles. The second-order valence-corrected chi connectivity index (χ2v) is 3.44. The molecule has 1 aromatic rings. The lowest BCUT2D eigenvalue weighted by Crippen LogP contribution is -2.04. The summed E-state index contributed by atoms with van der Waals surface area (Å²) in [4.78, 5) is 0. The molecule has 0 atom stereocenters. The molecule has 0 spiro atoms. The molecule has 0 N–H and O–H groups in total. The predicted molar refractivity (Wildman–Crippen MR) is 44.5 cm³/mol. The summed E-state index contributed by atoms with van der Waals surface area (Å²) in [5, 5.41) is 4.31. The lowest BCUT2D eigenvalue weighted by molar-refractivity contribution is 0.466. The van der Waals surface area contributed by atoms with Gasteiger partial charge in [-0.05, 0) is 25.3 Å². The van der Waals surface area contributed by atoms with Gasteiger partial charge >= 0.3 is 0 Å². The van der Waals surface area contributed by atoms with E-state index in [-0.39, 0.29) is 0 Å². The highest BCUT2D eigenvalue weighted by atomic mass is 15.3. The van der Waals surface area contributed by atoms with Gasteiger partial charge in [0.2, 0.25) is 0 Å². The van der Waals surface area contributed by atoms with E-state index in [1.807, 2.05) is 6.20 Å². The number of aromatic nitrogens is 2. The van der Waals surface area contributed by atoms with Gasteiger partial charge < -0.3 is 0 Å². The predicted octanol–water partition coefficient (Wildman–Crippen LogP) is 2.31. The third-order valence-corrected chi connectivity index (χ3v) is 2.43. The maximum Gasteiger partial charge on any atom is 0.0519 e. The Kier molecular flexibility index (Phi) is 1.68. The van der Waals surface area contributed by atoms with Gasteiger partial charge in [0.25, 0.3) is 0 Å². The first-order valence-electron chi connectivity index (χ1n) is 4.37. The summed E-state index contributed by atoms with van der Waals surface area (Å²) in [5.41, 5.74) is 1.27. The first kappa shape index (κ1) is 6.89. The summed E-state index contributed by atoms with van der Waals surface area (Å²) in [6, 6.07) is 0.698. The highest BCUT2D eigenvalue weighted by Gasteiger charge is 2.16. The summed E-state index contributed by atoms with van der Waals surface area (Å²) in [6.45, 7) is 2.10. The average molecular weight is 150 g/mol. The van der Waals surface area contributed by atoms with E-state index in [2.05, 4.69) is 22.9 Å². The highest BCUT2D eigenvalue weighted by Crippen LogP contribution is 2.28. The van der Waals surface area contributed by atoms with Gasteiger partial charge in [-0.2, -0.15) is 5.10 Å². The Labute approximate surface area is 67.2 Å². The molecule has 11 heavy (non-hydrogen) atoms. The molecule has 0 amide bonds. The van der Waals surface area contributed by atoms with E-state index in [0.717, 1.165) is 0 Å². The van der Waals surface area contributed by atoms with Crippen LogP contribution in [0.5, 0.6) is 0 Å². The lowest BCUT2D eigenvalue weighted by atomic mass is 10.2. The van der Waals surface area contributed by atoms with Crippen LogP contribution in [0.2, 0.25) is 0 Å². The maximum absolute atomic E-state index is 4.31. The zero-order valence-electron chi connectivity index (χ0n) is 6.95. The molecule has 1 saturated carbocycles. The van der Waals surface area contributed by atoms with Gasteiger partial charge in [-0.1, -0.05) is 12.8 Å². The van der Waals surface area contributed by atoms with Crippen LogP contribution < -0.4 is 0 Å². The second kappa shape index (κ2) is 2.68. The molecule has 0 bridgehead atoms. The first-order chi connectivity index (χ1) is 5.36. The average Bonchev–Trinajstić information content (AvgIpc) is 2.55. The van der Waals surface area contributed by atoms with Crippen molar-refractivity contribution >= 4 is 0 Å². The molecule has 1 aliphatic carbocycles. The summed E-state index contributed by atoms with van der Waals surface area (Å²) in [5.74, 6) is 0. The standard InChI is InChI=1S/C9H14N2/c1-8-6-10-11(7-8)9-4-2-3-5-9/h6-7,9H,2-5H2,1H3. The topological polar surface area (TPSA) is 17.8 Å². The van der Waals surface area contributed by atoms with E-state index >= 15 is 0 Å². The van der Waals surface area contributed by atoms with E-state index in [9.17, 15) is 0 Å². The Balaban J connectivity index is 2.15. The van der Waals surface area contributed by atoms with Crippen molar-refractivity contribution in [2.24, 2.45) is 0 Å². The summed E-state index contributed by atoms with van der Waals surface area (Å²) in [7, 11) is 0. The first-order valence-corrected chi connectivity index (χ1v) is 4.37. The fraction of sp³-hybridized carbons (Fsp3) is 0.667. The van der Waals surface area contributed by atoms with Crippen molar-refractivity contribution < 1.29 is 0 Å². The molecular formula is C9H14N2. The van der Waals surface area contributed by atoms with E-state index in [1.54, 1.807) is 0 Å². The lowest BCUT2D eigenvalue weighted by Gasteiger charge is -2.07. The molecular weight excluding hydrogens is 136 g/mol. The van der Waals surface area contributed by atoms with Crippen LogP contribution >= 0.6 is 0 Å². The van der Waals surface area contributed by atoms with Gasteiger partial charge in [-0.25, -0.2) is 0 Å². The van der Waals surface area contributed by atoms with Crippen LogP contribution in [-0.4, -0.2) is 9.78 Å². The maximum atomic E-state index is 4.31. The molecule has 2 heteroatoms. The smallest absolute Gasteiger partial charge is 0.0519 e. The zero-order valence-corrected chi connectivity index (χ0v) is 6.95. The van der Waals surface area contributed by atoms with Gasteiger partial charge in [-0.15, -0.1) is 0 Å². The Hall–Kier alpha value is -0.790. The molecule has 0 saturated heterocycles. The molecule has 60 valence electrons. The Morgan fingerprint density at radius 3 is 2.73 bits per heavy atom. The van der Waals surface area contributed by atoms with Crippen LogP contribution in [0, 0.1) is 6.92 Å². The zero-order chi connectivity index (χ0) is 7.68. The number of aryl methyl sites for hydroxylation is 1. The minimum Gasteiger partial charge on any atom is -0.269 e. The summed E-state index contributed by atoms with van der Waals surface area (Å²) < 4.78 is 2.13. The van der Waals surface area contributed by atoms with Crippen molar-refractivity contribution in [1.29, 1.82) is 0 Å². The van der Waals surface area contributed by atoms with Crippen molar-refractivity contribution in [3.8, 4) is 0 Å². The van der Waals surface area contributed by atoms with Crippen molar-refractivity contribution in [2.45, 2.75) is 38.6 Å². The fourth-order valence-electron chi connectivity index (χ4n) is 1.80. The second-order valence-electron chi connectivity index (χ2n) is 3.44. The minimum atomic E-state index is 0.698. The van der Waals surface area contributed by atoms with Crippen molar-refractivity contribution in [3.05, 3.63) is 18.0 Å². The van der Waals surface area contributed by atoms with Crippen LogP contribution in [0.4, 0.5) is 0 Å². The van der Waals surface area contributed by atoms with Crippen LogP contribution in [0.3, 0.4) is 0 Å². The minimum absolute atomic E-state index is 0.698. The molecule has 2 rings (SSSR count). The molecule has 0 radical (unpaired) electrons. The van der Waals surface area contributed by atoms with Gasteiger partial charge in [-0.3, -0.25) is 4.68 Å². The third kappa shape index (κ3) is 1.30.